The third kappa shape index (κ3) is 2.63. The van der Waals surface area contributed by atoms with Gasteiger partial charge in [0.15, 0.2) is 0 Å². The highest BCUT2D eigenvalue weighted by Crippen LogP contribution is 2.20. The maximum Gasteiger partial charge on any atom is 0.322 e. The van der Waals surface area contributed by atoms with Gasteiger partial charge in [0.2, 0.25) is 11.8 Å². The van der Waals surface area contributed by atoms with E-state index in [9.17, 15) is 19.2 Å². The lowest BCUT2D eigenvalue weighted by Gasteiger charge is -2.34. The van der Waals surface area contributed by atoms with Gasteiger partial charge in [-0.05, 0) is 6.42 Å². The number of imide groups is 2. The van der Waals surface area contributed by atoms with Crippen LogP contribution in [-0.2, 0) is 9.59 Å². The SMILES string of the molecule is NC1NC(=O)NC(=O)C1CC1C(=O)NC(=O)NC1N. The first-order valence-electron chi connectivity index (χ1n) is 5.62. The molecule has 2 saturated heterocycles. The first-order valence-corrected chi connectivity index (χ1v) is 5.62. The molecule has 0 aliphatic carbocycles. The molecule has 2 aliphatic rings. The van der Waals surface area contributed by atoms with Crippen LogP contribution in [0.1, 0.15) is 6.42 Å². The third-order valence-corrected chi connectivity index (χ3v) is 3.12. The Hall–Kier alpha value is -2.20. The molecule has 2 fully saturated rings. The van der Waals surface area contributed by atoms with E-state index < -0.39 is 48.0 Å². The summed E-state index contributed by atoms with van der Waals surface area (Å²) in [5.74, 6) is -2.75. The van der Waals surface area contributed by atoms with Crippen LogP contribution in [0.25, 0.3) is 0 Å². The summed E-state index contributed by atoms with van der Waals surface area (Å²) in [6.45, 7) is 0. The van der Waals surface area contributed by atoms with E-state index in [1.807, 2.05) is 0 Å². The fraction of sp³-hybridized carbons (Fsp3) is 0.556. The van der Waals surface area contributed by atoms with Crippen molar-refractivity contribution in [3.05, 3.63) is 0 Å². The number of carbonyl (C=O) groups is 4. The minimum Gasteiger partial charge on any atom is -0.322 e. The zero-order chi connectivity index (χ0) is 14.2. The molecule has 0 aromatic heterocycles. The van der Waals surface area contributed by atoms with Crippen molar-refractivity contribution in [3.63, 3.8) is 0 Å². The van der Waals surface area contributed by atoms with Crippen LogP contribution in [-0.4, -0.2) is 36.2 Å². The minimum atomic E-state index is -0.904. The molecule has 0 aromatic carbocycles. The smallest absolute Gasteiger partial charge is 0.322 e. The van der Waals surface area contributed by atoms with Gasteiger partial charge in [-0.1, -0.05) is 0 Å². The zero-order valence-electron chi connectivity index (χ0n) is 9.80. The van der Waals surface area contributed by atoms with Gasteiger partial charge in [0.25, 0.3) is 0 Å². The second-order valence-corrected chi connectivity index (χ2v) is 4.43. The number of rotatable bonds is 2. The van der Waals surface area contributed by atoms with Crippen molar-refractivity contribution in [1.82, 2.24) is 21.3 Å². The van der Waals surface area contributed by atoms with E-state index in [2.05, 4.69) is 21.3 Å². The number of hydrogen-bond acceptors (Lipinski definition) is 6. The third-order valence-electron chi connectivity index (χ3n) is 3.12. The zero-order valence-corrected chi connectivity index (χ0v) is 9.80. The number of nitrogens with one attached hydrogen (secondary N) is 4. The molecule has 104 valence electrons. The van der Waals surface area contributed by atoms with Crippen molar-refractivity contribution in [2.45, 2.75) is 18.8 Å². The number of urea groups is 2. The molecule has 0 bridgehead atoms. The summed E-state index contributed by atoms with van der Waals surface area (Å²) < 4.78 is 0. The summed E-state index contributed by atoms with van der Waals surface area (Å²) in [5.41, 5.74) is 11.3. The van der Waals surface area contributed by atoms with Gasteiger partial charge in [-0.15, -0.1) is 0 Å². The summed E-state index contributed by atoms with van der Waals surface area (Å²) in [4.78, 5) is 45.3. The van der Waals surface area contributed by atoms with Crippen LogP contribution < -0.4 is 32.7 Å². The van der Waals surface area contributed by atoms with Crippen molar-refractivity contribution in [3.8, 4) is 0 Å². The summed E-state index contributed by atoms with van der Waals surface area (Å²) in [7, 11) is 0. The molecule has 2 heterocycles. The molecule has 0 saturated carbocycles. The summed E-state index contributed by atoms with van der Waals surface area (Å²) in [5, 5.41) is 8.79. The average molecular weight is 270 g/mol. The van der Waals surface area contributed by atoms with E-state index in [0.29, 0.717) is 0 Å². The van der Waals surface area contributed by atoms with Crippen LogP contribution in [0.2, 0.25) is 0 Å². The molecule has 2 aliphatic heterocycles. The van der Waals surface area contributed by atoms with Crippen LogP contribution in [0, 0.1) is 11.8 Å². The molecule has 19 heavy (non-hydrogen) atoms. The monoisotopic (exact) mass is 270 g/mol. The Labute approximate surface area is 107 Å². The van der Waals surface area contributed by atoms with Crippen molar-refractivity contribution in [1.29, 1.82) is 0 Å². The number of amides is 6. The van der Waals surface area contributed by atoms with Crippen LogP contribution in [0.15, 0.2) is 0 Å². The quantitative estimate of drug-likeness (QED) is 0.310. The summed E-state index contributed by atoms with van der Waals surface area (Å²) in [6, 6.07) is -1.36. The standard InChI is InChI=1S/C9H14N6O4/c10-4-2(6(16)14-8(18)12-4)1-3-5(11)13-9(19)15-7(3)17/h2-5H,1,10-11H2,(H2,12,14,16,18)(H2,13,15,17,19). The van der Waals surface area contributed by atoms with E-state index in [-0.39, 0.29) is 6.42 Å². The van der Waals surface area contributed by atoms with Gasteiger partial charge in [-0.25, -0.2) is 9.59 Å². The molecule has 6 amide bonds. The van der Waals surface area contributed by atoms with Crippen molar-refractivity contribution in [2.75, 3.05) is 0 Å². The van der Waals surface area contributed by atoms with Crippen LogP contribution in [0.5, 0.6) is 0 Å². The molecule has 10 heteroatoms. The Balaban J connectivity index is 2.07. The Morgan fingerprint density at radius 1 is 0.789 bits per heavy atom. The first kappa shape index (κ1) is 13.2. The van der Waals surface area contributed by atoms with Crippen molar-refractivity contribution < 1.29 is 19.2 Å². The van der Waals surface area contributed by atoms with Gasteiger partial charge in [-0.3, -0.25) is 20.2 Å². The van der Waals surface area contributed by atoms with E-state index in [1.54, 1.807) is 0 Å². The van der Waals surface area contributed by atoms with Crippen LogP contribution in [0.3, 0.4) is 0 Å². The second-order valence-electron chi connectivity index (χ2n) is 4.43. The van der Waals surface area contributed by atoms with Gasteiger partial charge in [0, 0.05) is 0 Å². The predicted molar refractivity (Wildman–Crippen MR) is 60.9 cm³/mol. The van der Waals surface area contributed by atoms with Gasteiger partial charge in [0.1, 0.15) is 0 Å². The molecule has 2 rings (SSSR count). The molecule has 8 N–H and O–H groups in total. The van der Waals surface area contributed by atoms with Gasteiger partial charge < -0.3 is 22.1 Å². The number of nitrogens with two attached hydrogens (primary N) is 2. The number of hydrogen-bond donors (Lipinski definition) is 6. The predicted octanol–water partition coefficient (Wildman–Crippen LogP) is -3.14. The topological polar surface area (TPSA) is 168 Å². The molecule has 0 aromatic rings. The highest BCUT2D eigenvalue weighted by molar-refractivity contribution is 6.00. The van der Waals surface area contributed by atoms with E-state index in [0.717, 1.165) is 0 Å². The van der Waals surface area contributed by atoms with Gasteiger partial charge >= 0.3 is 12.1 Å². The maximum atomic E-state index is 11.7. The van der Waals surface area contributed by atoms with Crippen LogP contribution >= 0.6 is 0 Å². The highest BCUT2D eigenvalue weighted by atomic mass is 16.2. The molecule has 10 nitrogen and oxygen atoms in total. The number of carbonyl (C=O) groups excluding carboxylic acids is 4. The summed E-state index contributed by atoms with van der Waals surface area (Å²) >= 11 is 0. The lowest BCUT2D eigenvalue weighted by Crippen LogP contribution is -2.65. The van der Waals surface area contributed by atoms with E-state index >= 15 is 0 Å². The van der Waals surface area contributed by atoms with Crippen molar-refractivity contribution in [2.24, 2.45) is 23.3 Å². The molecule has 4 atom stereocenters. The molecule has 0 radical (unpaired) electrons. The lowest BCUT2D eigenvalue weighted by atomic mass is 9.87. The first-order chi connectivity index (χ1) is 8.88. The van der Waals surface area contributed by atoms with Gasteiger partial charge in [-0.2, -0.15) is 0 Å². The molecule has 4 unspecified atom stereocenters. The van der Waals surface area contributed by atoms with Crippen LogP contribution in [0.4, 0.5) is 9.59 Å². The highest BCUT2D eigenvalue weighted by Gasteiger charge is 2.41. The van der Waals surface area contributed by atoms with Gasteiger partial charge in [0.05, 0.1) is 24.2 Å². The Morgan fingerprint density at radius 3 is 1.47 bits per heavy atom. The Morgan fingerprint density at radius 2 is 1.16 bits per heavy atom. The second kappa shape index (κ2) is 4.82. The molecular formula is C9H14N6O4. The maximum absolute atomic E-state index is 11.7. The minimum absolute atomic E-state index is 0.0144. The lowest BCUT2D eigenvalue weighted by molar-refractivity contribution is -0.129. The van der Waals surface area contributed by atoms with E-state index in [1.165, 1.54) is 0 Å². The summed E-state index contributed by atoms with van der Waals surface area (Å²) in [6.07, 6.45) is -1.79. The average Bonchev–Trinajstić information content (AvgIpc) is 2.25. The molecule has 0 spiro atoms. The largest absolute Gasteiger partial charge is 0.322 e. The fourth-order valence-corrected chi connectivity index (χ4v) is 2.09. The normalized spacial score (nSPS) is 35.1. The molecular weight excluding hydrogens is 256 g/mol. The Bertz CT molecular complexity index is 412. The fourth-order valence-electron chi connectivity index (χ4n) is 2.09. The van der Waals surface area contributed by atoms with E-state index in [4.69, 9.17) is 11.5 Å². The Kier molecular flexibility index (Phi) is 3.36. The van der Waals surface area contributed by atoms with Crippen molar-refractivity contribution >= 4 is 23.9 Å².